The van der Waals surface area contributed by atoms with Crippen LogP contribution in [0.1, 0.15) is 43.2 Å². The molecule has 0 saturated heterocycles. The van der Waals surface area contributed by atoms with Crippen LogP contribution in [-0.2, 0) is 11.2 Å². The number of nitrogens with two attached hydrogens (primary N) is 1. The zero-order valence-corrected chi connectivity index (χ0v) is 12.0. The number of fused-ring (bicyclic) bond motifs is 1. The molecule has 6 heteroatoms. The number of nitrogens with zero attached hydrogens (tertiary/aromatic N) is 1. The molecule has 1 unspecified atom stereocenters. The van der Waals surface area contributed by atoms with Gasteiger partial charge in [-0.15, -0.1) is 11.3 Å². The Morgan fingerprint density at radius 1 is 1.63 bits per heavy atom. The van der Waals surface area contributed by atoms with E-state index in [0.717, 1.165) is 19.3 Å². The largest absolute Gasteiger partial charge is 0.409 e. The number of oxime groups is 1. The summed E-state index contributed by atoms with van der Waals surface area (Å²) >= 11 is 1.73. The number of nitrogens with one attached hydrogen (secondary N) is 1. The van der Waals surface area contributed by atoms with Crippen LogP contribution in [0.5, 0.6) is 0 Å². The molecule has 1 amide bonds. The highest BCUT2D eigenvalue weighted by molar-refractivity contribution is 7.10. The standard InChI is InChI=1S/C13H19N3O2S/c1-13(2,11(14)16-18)12(17)15-9-4-3-5-10-8(9)6-7-19-10/h6-7,9,18H,3-5H2,1-2H3,(H2,14,16)(H,15,17). The summed E-state index contributed by atoms with van der Waals surface area (Å²) in [5, 5.41) is 16.8. The first-order valence-corrected chi connectivity index (χ1v) is 7.20. The molecule has 1 aliphatic carbocycles. The van der Waals surface area contributed by atoms with Crippen molar-refractivity contribution >= 4 is 23.1 Å². The monoisotopic (exact) mass is 281 g/mol. The highest BCUT2D eigenvalue weighted by Gasteiger charge is 2.35. The molecule has 1 aromatic heterocycles. The molecule has 2 rings (SSSR count). The highest BCUT2D eigenvalue weighted by atomic mass is 32.1. The van der Waals surface area contributed by atoms with Crippen LogP contribution in [0.15, 0.2) is 16.6 Å². The van der Waals surface area contributed by atoms with Crippen molar-refractivity contribution < 1.29 is 10.0 Å². The maximum absolute atomic E-state index is 12.3. The van der Waals surface area contributed by atoms with E-state index in [4.69, 9.17) is 10.9 Å². The van der Waals surface area contributed by atoms with Crippen LogP contribution in [0.3, 0.4) is 0 Å². The van der Waals surface area contributed by atoms with Crippen LogP contribution in [0.25, 0.3) is 0 Å². The second kappa shape index (κ2) is 5.21. The molecule has 0 spiro atoms. The highest BCUT2D eigenvalue weighted by Crippen LogP contribution is 2.34. The van der Waals surface area contributed by atoms with Crippen molar-refractivity contribution in [1.82, 2.24) is 5.32 Å². The van der Waals surface area contributed by atoms with Crippen molar-refractivity contribution in [1.29, 1.82) is 0 Å². The van der Waals surface area contributed by atoms with Crippen molar-refractivity contribution in [3.05, 3.63) is 21.9 Å². The third-order valence-electron chi connectivity index (χ3n) is 3.67. The topological polar surface area (TPSA) is 87.7 Å². The van der Waals surface area contributed by atoms with Crippen LogP contribution < -0.4 is 11.1 Å². The van der Waals surface area contributed by atoms with E-state index < -0.39 is 5.41 Å². The molecule has 104 valence electrons. The normalized spacial score (nSPS) is 19.9. The van der Waals surface area contributed by atoms with Crippen LogP contribution in [0.2, 0.25) is 0 Å². The van der Waals surface area contributed by atoms with Gasteiger partial charge in [0, 0.05) is 4.88 Å². The molecule has 0 bridgehead atoms. The van der Waals surface area contributed by atoms with E-state index in [9.17, 15) is 4.79 Å². The summed E-state index contributed by atoms with van der Waals surface area (Å²) in [5.41, 5.74) is 5.77. The van der Waals surface area contributed by atoms with Gasteiger partial charge in [0.05, 0.1) is 6.04 Å². The quantitative estimate of drug-likeness (QED) is 0.343. The Kier molecular flexibility index (Phi) is 3.80. The number of carbonyl (C=O) groups excluding carboxylic acids is 1. The molecule has 0 fully saturated rings. The fourth-order valence-electron chi connectivity index (χ4n) is 2.22. The molecule has 0 saturated carbocycles. The van der Waals surface area contributed by atoms with Crippen molar-refractivity contribution in [2.75, 3.05) is 0 Å². The van der Waals surface area contributed by atoms with E-state index in [1.807, 2.05) is 0 Å². The number of hydrogen-bond acceptors (Lipinski definition) is 4. The summed E-state index contributed by atoms with van der Waals surface area (Å²) in [5.74, 6) is -0.293. The summed E-state index contributed by atoms with van der Waals surface area (Å²) in [6, 6.07) is 2.11. The number of thiophene rings is 1. The minimum Gasteiger partial charge on any atom is -0.409 e. The summed E-state index contributed by atoms with van der Waals surface area (Å²) in [6.45, 7) is 3.30. The third-order valence-corrected chi connectivity index (χ3v) is 4.67. The average molecular weight is 281 g/mol. The van der Waals surface area contributed by atoms with E-state index in [1.165, 1.54) is 10.4 Å². The Balaban J connectivity index is 2.13. The average Bonchev–Trinajstić information content (AvgIpc) is 2.86. The molecule has 1 aromatic rings. The molecule has 0 aromatic carbocycles. The first-order valence-electron chi connectivity index (χ1n) is 6.32. The van der Waals surface area contributed by atoms with E-state index >= 15 is 0 Å². The fraction of sp³-hybridized carbons (Fsp3) is 0.538. The van der Waals surface area contributed by atoms with Crippen LogP contribution in [0.4, 0.5) is 0 Å². The van der Waals surface area contributed by atoms with Gasteiger partial charge in [0.25, 0.3) is 0 Å². The van der Waals surface area contributed by atoms with Gasteiger partial charge in [-0.3, -0.25) is 4.79 Å². The number of amidine groups is 1. The summed E-state index contributed by atoms with van der Waals surface area (Å²) in [6.07, 6.45) is 3.09. The summed E-state index contributed by atoms with van der Waals surface area (Å²) < 4.78 is 0. The molecule has 5 nitrogen and oxygen atoms in total. The summed E-state index contributed by atoms with van der Waals surface area (Å²) in [7, 11) is 0. The van der Waals surface area contributed by atoms with Crippen molar-refractivity contribution in [2.24, 2.45) is 16.3 Å². The maximum Gasteiger partial charge on any atom is 0.233 e. The van der Waals surface area contributed by atoms with Gasteiger partial charge in [-0.05, 0) is 50.1 Å². The lowest BCUT2D eigenvalue weighted by Crippen LogP contribution is -2.47. The van der Waals surface area contributed by atoms with Crippen molar-refractivity contribution in [2.45, 2.75) is 39.2 Å². The molecule has 4 N–H and O–H groups in total. The molecule has 0 radical (unpaired) electrons. The predicted octanol–water partition coefficient (Wildman–Crippen LogP) is 2.01. The van der Waals surface area contributed by atoms with Gasteiger partial charge in [0.2, 0.25) is 5.91 Å². The Labute approximate surface area is 116 Å². The van der Waals surface area contributed by atoms with Crippen molar-refractivity contribution in [3.63, 3.8) is 0 Å². The smallest absolute Gasteiger partial charge is 0.233 e. The van der Waals surface area contributed by atoms with Crippen LogP contribution >= 0.6 is 11.3 Å². The number of rotatable bonds is 3. The van der Waals surface area contributed by atoms with Gasteiger partial charge in [-0.2, -0.15) is 0 Å². The first kappa shape index (κ1) is 13.9. The zero-order chi connectivity index (χ0) is 14.0. The zero-order valence-electron chi connectivity index (χ0n) is 11.1. The van der Waals surface area contributed by atoms with Gasteiger partial charge in [-0.1, -0.05) is 5.16 Å². The second-order valence-corrected chi connectivity index (χ2v) is 6.33. The lowest BCUT2D eigenvalue weighted by atomic mass is 9.88. The Morgan fingerprint density at radius 2 is 2.37 bits per heavy atom. The van der Waals surface area contributed by atoms with Gasteiger partial charge in [0.1, 0.15) is 5.41 Å². The number of hydrogen-bond donors (Lipinski definition) is 3. The SMILES string of the molecule is CC(C)(C(=O)NC1CCCc2sccc21)C(N)=NO. The number of amides is 1. The number of carbonyl (C=O) groups is 1. The van der Waals surface area contributed by atoms with E-state index in [-0.39, 0.29) is 17.8 Å². The predicted molar refractivity (Wildman–Crippen MR) is 75.3 cm³/mol. The lowest BCUT2D eigenvalue weighted by Gasteiger charge is -2.28. The first-order chi connectivity index (χ1) is 8.96. The van der Waals surface area contributed by atoms with Crippen LogP contribution in [-0.4, -0.2) is 17.0 Å². The van der Waals surface area contributed by atoms with Crippen LogP contribution in [0, 0.1) is 5.41 Å². The molecule has 0 aliphatic heterocycles. The Morgan fingerprint density at radius 3 is 3.05 bits per heavy atom. The number of aryl methyl sites for hydroxylation is 1. The van der Waals surface area contributed by atoms with Crippen molar-refractivity contribution in [3.8, 4) is 0 Å². The third kappa shape index (κ3) is 2.58. The van der Waals surface area contributed by atoms with Gasteiger partial charge in [-0.25, -0.2) is 0 Å². The minimum atomic E-state index is -1.01. The van der Waals surface area contributed by atoms with Gasteiger partial charge >= 0.3 is 0 Å². The Bertz CT molecular complexity index is 508. The minimum absolute atomic E-state index is 0.0354. The molecular weight excluding hydrogens is 262 g/mol. The second-order valence-electron chi connectivity index (χ2n) is 5.33. The molecule has 1 heterocycles. The lowest BCUT2D eigenvalue weighted by molar-refractivity contribution is -0.127. The van der Waals surface area contributed by atoms with E-state index in [0.29, 0.717) is 0 Å². The van der Waals surface area contributed by atoms with Gasteiger partial charge in [0.15, 0.2) is 5.84 Å². The molecular formula is C13H19N3O2S. The van der Waals surface area contributed by atoms with E-state index in [2.05, 4.69) is 21.9 Å². The molecule has 1 aliphatic rings. The molecule has 1 atom stereocenters. The maximum atomic E-state index is 12.3. The van der Waals surface area contributed by atoms with Gasteiger partial charge < -0.3 is 16.3 Å². The molecule has 19 heavy (non-hydrogen) atoms. The fourth-order valence-corrected chi connectivity index (χ4v) is 3.20. The summed E-state index contributed by atoms with van der Waals surface area (Å²) in [4.78, 5) is 13.6. The Hall–Kier alpha value is -1.56. The van der Waals surface area contributed by atoms with E-state index in [1.54, 1.807) is 25.2 Å².